The molecule has 0 saturated heterocycles. The first-order valence-electron chi connectivity index (χ1n) is 5.30. The Balaban J connectivity index is 2.42. The molecule has 1 N–H and O–H groups in total. The SMILES string of the molecule is C=C(Cl)Cn1c(C)cc2c1CCCC2O. The topological polar surface area (TPSA) is 25.2 Å². The molecular weight excluding hydrogens is 210 g/mol. The monoisotopic (exact) mass is 225 g/mol. The molecule has 1 aliphatic carbocycles. The lowest BCUT2D eigenvalue weighted by Crippen LogP contribution is -2.12. The zero-order valence-electron chi connectivity index (χ0n) is 8.96. The minimum absolute atomic E-state index is 0.294. The lowest BCUT2D eigenvalue weighted by molar-refractivity contribution is 0.156. The molecule has 1 aromatic rings. The average Bonchev–Trinajstić information content (AvgIpc) is 2.45. The van der Waals surface area contributed by atoms with Crippen LogP contribution >= 0.6 is 11.6 Å². The van der Waals surface area contributed by atoms with E-state index in [1.165, 1.54) is 5.69 Å². The van der Waals surface area contributed by atoms with Gasteiger partial charge < -0.3 is 9.67 Å². The molecule has 0 amide bonds. The predicted molar refractivity (Wildman–Crippen MR) is 62.1 cm³/mol. The zero-order chi connectivity index (χ0) is 11.0. The number of halogens is 1. The van der Waals surface area contributed by atoms with Crippen LogP contribution in [-0.4, -0.2) is 9.67 Å². The highest BCUT2D eigenvalue weighted by Crippen LogP contribution is 2.32. The van der Waals surface area contributed by atoms with Crippen molar-refractivity contribution in [2.75, 3.05) is 0 Å². The Kier molecular flexibility index (Phi) is 2.89. The smallest absolute Gasteiger partial charge is 0.0807 e. The minimum atomic E-state index is -0.294. The van der Waals surface area contributed by atoms with Crippen molar-refractivity contribution in [3.63, 3.8) is 0 Å². The van der Waals surface area contributed by atoms with E-state index in [9.17, 15) is 5.11 Å². The third kappa shape index (κ3) is 1.97. The van der Waals surface area contributed by atoms with Gasteiger partial charge in [0, 0.05) is 22.0 Å². The van der Waals surface area contributed by atoms with E-state index >= 15 is 0 Å². The molecule has 0 radical (unpaired) electrons. The number of hydrogen-bond acceptors (Lipinski definition) is 1. The summed E-state index contributed by atoms with van der Waals surface area (Å²) in [6.45, 7) is 6.42. The third-order valence-corrected chi connectivity index (χ3v) is 3.15. The van der Waals surface area contributed by atoms with Crippen molar-refractivity contribution in [1.82, 2.24) is 4.57 Å². The van der Waals surface area contributed by atoms with E-state index in [0.717, 1.165) is 30.5 Å². The van der Waals surface area contributed by atoms with Crippen LogP contribution in [0.2, 0.25) is 0 Å². The molecule has 0 bridgehead atoms. The van der Waals surface area contributed by atoms with Crippen LogP contribution in [0.3, 0.4) is 0 Å². The maximum Gasteiger partial charge on any atom is 0.0807 e. The molecule has 1 unspecified atom stereocenters. The van der Waals surface area contributed by atoms with Gasteiger partial charge in [0.25, 0.3) is 0 Å². The summed E-state index contributed by atoms with van der Waals surface area (Å²) in [6, 6.07) is 2.07. The molecule has 1 atom stereocenters. The molecule has 82 valence electrons. The number of aryl methyl sites for hydroxylation is 1. The standard InChI is InChI=1S/C12H16ClNO/c1-8(13)7-14-9(2)6-10-11(14)4-3-5-12(10)15/h6,12,15H,1,3-5,7H2,2H3. The molecule has 0 spiro atoms. The summed E-state index contributed by atoms with van der Waals surface area (Å²) < 4.78 is 2.16. The number of aromatic nitrogens is 1. The first-order chi connectivity index (χ1) is 7.09. The summed E-state index contributed by atoms with van der Waals surface area (Å²) in [5.74, 6) is 0. The van der Waals surface area contributed by atoms with Gasteiger partial charge in [-0.15, -0.1) is 0 Å². The Morgan fingerprint density at radius 3 is 3.13 bits per heavy atom. The van der Waals surface area contributed by atoms with Gasteiger partial charge in [-0.05, 0) is 32.3 Å². The molecule has 1 aliphatic rings. The number of rotatable bonds is 2. The number of nitrogens with zero attached hydrogens (tertiary/aromatic N) is 1. The fourth-order valence-electron chi connectivity index (χ4n) is 2.33. The molecule has 2 nitrogen and oxygen atoms in total. The Bertz CT molecular complexity index is 395. The molecule has 0 saturated carbocycles. The number of hydrogen-bond donors (Lipinski definition) is 1. The fourth-order valence-corrected chi connectivity index (χ4v) is 2.45. The maximum atomic E-state index is 9.86. The van der Waals surface area contributed by atoms with E-state index in [1.54, 1.807) is 0 Å². The molecule has 2 rings (SSSR count). The fraction of sp³-hybridized carbons (Fsp3) is 0.500. The van der Waals surface area contributed by atoms with Crippen molar-refractivity contribution in [3.8, 4) is 0 Å². The lowest BCUT2D eigenvalue weighted by Gasteiger charge is -2.20. The summed E-state index contributed by atoms with van der Waals surface area (Å²) in [5, 5.41) is 10.5. The van der Waals surface area contributed by atoms with Crippen LogP contribution in [0.25, 0.3) is 0 Å². The number of fused-ring (bicyclic) bond motifs is 1. The highest BCUT2D eigenvalue weighted by atomic mass is 35.5. The van der Waals surface area contributed by atoms with E-state index in [4.69, 9.17) is 11.6 Å². The maximum absolute atomic E-state index is 9.86. The van der Waals surface area contributed by atoms with Gasteiger partial charge in [0.1, 0.15) is 0 Å². The molecular formula is C12H16ClNO. The Morgan fingerprint density at radius 1 is 1.73 bits per heavy atom. The average molecular weight is 226 g/mol. The van der Waals surface area contributed by atoms with Crippen molar-refractivity contribution in [3.05, 3.63) is 34.6 Å². The first kappa shape index (κ1) is 10.8. The van der Waals surface area contributed by atoms with Gasteiger partial charge in [-0.25, -0.2) is 0 Å². The second-order valence-electron chi connectivity index (χ2n) is 4.20. The van der Waals surface area contributed by atoms with Crippen molar-refractivity contribution in [1.29, 1.82) is 0 Å². The minimum Gasteiger partial charge on any atom is -0.388 e. The van der Waals surface area contributed by atoms with Gasteiger partial charge >= 0.3 is 0 Å². The lowest BCUT2D eigenvalue weighted by atomic mass is 9.95. The van der Waals surface area contributed by atoms with Gasteiger partial charge in [0.15, 0.2) is 0 Å². The van der Waals surface area contributed by atoms with Crippen LogP contribution in [0.4, 0.5) is 0 Å². The number of allylic oxidation sites excluding steroid dienone is 1. The molecule has 0 aromatic carbocycles. The molecule has 0 fully saturated rings. The van der Waals surface area contributed by atoms with Crippen LogP contribution in [0, 0.1) is 6.92 Å². The van der Waals surface area contributed by atoms with Crippen LogP contribution < -0.4 is 0 Å². The molecule has 1 heterocycles. The van der Waals surface area contributed by atoms with Crippen molar-refractivity contribution in [2.45, 2.75) is 38.8 Å². The van der Waals surface area contributed by atoms with E-state index in [0.29, 0.717) is 11.6 Å². The molecule has 1 aromatic heterocycles. The Hall–Kier alpha value is -0.730. The third-order valence-electron chi connectivity index (χ3n) is 3.03. The summed E-state index contributed by atoms with van der Waals surface area (Å²) in [7, 11) is 0. The van der Waals surface area contributed by atoms with Gasteiger partial charge in [-0.3, -0.25) is 0 Å². The van der Waals surface area contributed by atoms with Gasteiger partial charge in [0.2, 0.25) is 0 Å². The summed E-state index contributed by atoms with van der Waals surface area (Å²) in [6.07, 6.45) is 2.66. The largest absolute Gasteiger partial charge is 0.388 e. The van der Waals surface area contributed by atoms with Crippen LogP contribution in [0.5, 0.6) is 0 Å². The normalized spacial score (nSPS) is 20.1. The highest BCUT2D eigenvalue weighted by molar-refractivity contribution is 6.29. The van der Waals surface area contributed by atoms with E-state index in [-0.39, 0.29) is 6.10 Å². The Labute approximate surface area is 95.2 Å². The van der Waals surface area contributed by atoms with Crippen LogP contribution in [-0.2, 0) is 13.0 Å². The Morgan fingerprint density at radius 2 is 2.47 bits per heavy atom. The molecule has 3 heteroatoms. The predicted octanol–water partition coefficient (Wildman–Crippen LogP) is 2.92. The van der Waals surface area contributed by atoms with E-state index < -0.39 is 0 Å². The van der Waals surface area contributed by atoms with Crippen molar-refractivity contribution >= 4 is 11.6 Å². The number of aliphatic hydroxyl groups excluding tert-OH is 1. The van der Waals surface area contributed by atoms with Crippen molar-refractivity contribution < 1.29 is 5.11 Å². The number of aliphatic hydroxyl groups is 1. The van der Waals surface area contributed by atoms with E-state index in [2.05, 4.69) is 17.2 Å². The second-order valence-corrected chi connectivity index (χ2v) is 4.73. The molecule has 0 aliphatic heterocycles. The van der Waals surface area contributed by atoms with E-state index in [1.807, 2.05) is 6.92 Å². The van der Waals surface area contributed by atoms with Crippen LogP contribution in [0.15, 0.2) is 17.7 Å². The van der Waals surface area contributed by atoms with Gasteiger partial charge in [-0.1, -0.05) is 18.2 Å². The van der Waals surface area contributed by atoms with Crippen LogP contribution in [0.1, 0.15) is 35.9 Å². The first-order valence-corrected chi connectivity index (χ1v) is 5.67. The zero-order valence-corrected chi connectivity index (χ0v) is 9.72. The molecule has 15 heavy (non-hydrogen) atoms. The highest BCUT2D eigenvalue weighted by Gasteiger charge is 2.22. The summed E-state index contributed by atoms with van der Waals surface area (Å²) in [4.78, 5) is 0. The van der Waals surface area contributed by atoms with Gasteiger partial charge in [0.05, 0.1) is 12.6 Å². The van der Waals surface area contributed by atoms with Gasteiger partial charge in [-0.2, -0.15) is 0 Å². The summed E-state index contributed by atoms with van der Waals surface area (Å²) in [5.41, 5.74) is 3.47. The second kappa shape index (κ2) is 4.03. The van der Waals surface area contributed by atoms with Crippen molar-refractivity contribution in [2.24, 2.45) is 0 Å². The summed E-state index contributed by atoms with van der Waals surface area (Å²) >= 11 is 5.84. The quantitative estimate of drug-likeness (QED) is 0.823.